The first-order valence-corrected chi connectivity index (χ1v) is 13.4. The van der Waals surface area contributed by atoms with E-state index in [-0.39, 0.29) is 29.7 Å². The molecule has 3 aromatic carbocycles. The molecule has 0 aliphatic carbocycles. The second kappa shape index (κ2) is 11.3. The molecule has 42 heavy (non-hydrogen) atoms. The summed E-state index contributed by atoms with van der Waals surface area (Å²) >= 11 is 0. The summed E-state index contributed by atoms with van der Waals surface area (Å²) < 4.78 is 44.6. The first-order chi connectivity index (χ1) is 20.0. The molecule has 2 aliphatic heterocycles. The van der Waals surface area contributed by atoms with E-state index in [0.717, 1.165) is 12.1 Å². The topological polar surface area (TPSA) is 110 Å². The normalized spacial score (nSPS) is 18.4. The van der Waals surface area contributed by atoms with Gasteiger partial charge in [0.1, 0.15) is 17.8 Å². The van der Waals surface area contributed by atoms with Crippen molar-refractivity contribution in [3.8, 4) is 16.9 Å². The van der Waals surface area contributed by atoms with E-state index in [1.54, 1.807) is 30.3 Å². The number of hydrogen-bond donors (Lipinski definition) is 1. The Morgan fingerprint density at radius 2 is 1.64 bits per heavy atom. The molecule has 2 heterocycles. The lowest BCUT2D eigenvalue weighted by molar-refractivity contribution is -0.147. The molecule has 3 amide bonds. The van der Waals surface area contributed by atoms with Gasteiger partial charge in [0.2, 0.25) is 17.7 Å². The molecule has 0 saturated carbocycles. The van der Waals surface area contributed by atoms with Crippen molar-refractivity contribution in [1.82, 2.24) is 9.80 Å². The van der Waals surface area contributed by atoms with E-state index in [9.17, 15) is 32.3 Å². The van der Waals surface area contributed by atoms with Gasteiger partial charge in [-0.25, -0.2) is 4.79 Å². The van der Waals surface area contributed by atoms with Crippen LogP contribution in [0.3, 0.4) is 0 Å². The minimum atomic E-state index is -4.48. The highest BCUT2D eigenvalue weighted by atomic mass is 19.4. The molecular weight excluding hydrogens is 551 g/mol. The van der Waals surface area contributed by atoms with Crippen molar-refractivity contribution in [1.29, 1.82) is 0 Å². The fourth-order valence-electron chi connectivity index (χ4n) is 5.72. The average molecular weight is 580 g/mol. The number of nitrogens with zero attached hydrogens (tertiary/aromatic N) is 2. The summed E-state index contributed by atoms with van der Waals surface area (Å²) in [5, 5.41) is 0. The number of halogens is 3. The Morgan fingerprint density at radius 1 is 0.929 bits per heavy atom. The van der Waals surface area contributed by atoms with Crippen LogP contribution in [0.4, 0.5) is 13.2 Å². The van der Waals surface area contributed by atoms with E-state index in [2.05, 4.69) is 0 Å². The summed E-state index contributed by atoms with van der Waals surface area (Å²) in [6, 6.07) is 13.9. The van der Waals surface area contributed by atoms with Crippen LogP contribution in [-0.4, -0.2) is 52.6 Å². The zero-order chi connectivity index (χ0) is 30.2. The molecule has 8 nitrogen and oxygen atoms in total. The summed E-state index contributed by atoms with van der Waals surface area (Å²) in [4.78, 5) is 54.1. The van der Waals surface area contributed by atoms with E-state index < -0.39 is 35.7 Å². The third kappa shape index (κ3) is 5.59. The largest absolute Gasteiger partial charge is 0.423 e. The molecule has 1 saturated heterocycles. The lowest BCUT2D eigenvalue weighted by Crippen LogP contribution is -2.52. The number of esters is 1. The first-order valence-electron chi connectivity index (χ1n) is 13.4. The summed E-state index contributed by atoms with van der Waals surface area (Å²) in [5.74, 6) is -1.76. The van der Waals surface area contributed by atoms with E-state index in [1.807, 2.05) is 0 Å². The molecule has 3 aromatic rings. The summed E-state index contributed by atoms with van der Waals surface area (Å²) in [6.07, 6.45) is -2.91. The maximum absolute atomic E-state index is 13.4. The van der Waals surface area contributed by atoms with Crippen molar-refractivity contribution < 1.29 is 37.1 Å². The Labute approximate surface area is 239 Å². The minimum absolute atomic E-state index is 0.161. The SMILES string of the molecule is CC(=O)N1CCCC1C(=O)N1CCc2cc(OC(=O)c3ccccc3-c3ccc(C(F)(F)F)cc3)ccc2C1C(N)=O. The van der Waals surface area contributed by atoms with Gasteiger partial charge >= 0.3 is 12.1 Å². The van der Waals surface area contributed by atoms with Crippen LogP contribution in [0.25, 0.3) is 11.1 Å². The number of hydrogen-bond acceptors (Lipinski definition) is 5. The van der Waals surface area contributed by atoms with Gasteiger partial charge < -0.3 is 20.3 Å². The Morgan fingerprint density at radius 3 is 2.31 bits per heavy atom. The van der Waals surface area contributed by atoms with E-state index >= 15 is 0 Å². The number of benzene rings is 3. The third-order valence-electron chi connectivity index (χ3n) is 7.72. The highest BCUT2D eigenvalue weighted by molar-refractivity contribution is 5.98. The van der Waals surface area contributed by atoms with Gasteiger partial charge in [0.25, 0.3) is 0 Å². The quantitative estimate of drug-likeness (QED) is 0.353. The fourth-order valence-corrected chi connectivity index (χ4v) is 5.72. The smallest absolute Gasteiger partial charge is 0.416 e. The van der Waals surface area contributed by atoms with Crippen LogP contribution in [0.5, 0.6) is 5.75 Å². The highest BCUT2D eigenvalue weighted by Gasteiger charge is 2.41. The molecule has 0 radical (unpaired) electrons. The van der Waals surface area contributed by atoms with Crippen molar-refractivity contribution >= 4 is 23.7 Å². The van der Waals surface area contributed by atoms with Crippen molar-refractivity contribution in [3.63, 3.8) is 0 Å². The number of rotatable bonds is 5. The van der Waals surface area contributed by atoms with Crippen LogP contribution in [0, 0.1) is 0 Å². The lowest BCUT2D eigenvalue weighted by Gasteiger charge is -2.38. The molecule has 0 aromatic heterocycles. The van der Waals surface area contributed by atoms with Gasteiger partial charge in [0.05, 0.1) is 11.1 Å². The second-order valence-electron chi connectivity index (χ2n) is 10.3. The van der Waals surface area contributed by atoms with Crippen molar-refractivity contribution in [3.05, 3.63) is 89.0 Å². The molecule has 2 aliphatic rings. The van der Waals surface area contributed by atoms with Crippen LogP contribution < -0.4 is 10.5 Å². The molecule has 0 spiro atoms. The molecule has 218 valence electrons. The molecule has 2 unspecified atom stereocenters. The highest BCUT2D eigenvalue weighted by Crippen LogP contribution is 2.35. The van der Waals surface area contributed by atoms with Gasteiger partial charge in [0.15, 0.2) is 0 Å². The number of nitrogens with two attached hydrogens (primary N) is 1. The third-order valence-corrected chi connectivity index (χ3v) is 7.72. The van der Waals surface area contributed by atoms with Crippen molar-refractivity contribution in [2.24, 2.45) is 5.73 Å². The maximum Gasteiger partial charge on any atom is 0.416 e. The van der Waals surface area contributed by atoms with Crippen LogP contribution in [0.15, 0.2) is 66.7 Å². The number of amides is 3. The number of primary amides is 1. The Bertz CT molecular complexity index is 1550. The molecule has 5 rings (SSSR count). The maximum atomic E-state index is 13.4. The fraction of sp³-hybridized carbons (Fsp3) is 0.290. The van der Waals surface area contributed by atoms with Gasteiger partial charge in [-0.2, -0.15) is 13.2 Å². The van der Waals surface area contributed by atoms with Gasteiger partial charge in [-0.05, 0) is 71.8 Å². The zero-order valence-corrected chi connectivity index (χ0v) is 22.7. The number of fused-ring (bicyclic) bond motifs is 1. The van der Waals surface area contributed by atoms with Crippen LogP contribution in [0.2, 0.25) is 0 Å². The number of carbonyl (C=O) groups is 4. The second-order valence-corrected chi connectivity index (χ2v) is 10.3. The first kappa shape index (κ1) is 28.8. The number of likely N-dealkylation sites (tertiary alicyclic amines) is 1. The number of ether oxygens (including phenoxy) is 1. The lowest BCUT2D eigenvalue weighted by atomic mass is 9.91. The zero-order valence-electron chi connectivity index (χ0n) is 22.7. The predicted octanol–water partition coefficient (Wildman–Crippen LogP) is 4.51. The minimum Gasteiger partial charge on any atom is -0.423 e. The monoisotopic (exact) mass is 579 g/mol. The van der Waals surface area contributed by atoms with Gasteiger partial charge in [0, 0.05) is 20.0 Å². The van der Waals surface area contributed by atoms with Gasteiger partial charge in [-0.3, -0.25) is 14.4 Å². The molecular formula is C31H28F3N3O5. The summed E-state index contributed by atoms with van der Waals surface area (Å²) in [6.45, 7) is 2.08. The predicted molar refractivity (Wildman–Crippen MR) is 146 cm³/mol. The van der Waals surface area contributed by atoms with Crippen molar-refractivity contribution in [2.45, 2.75) is 44.4 Å². The molecule has 11 heteroatoms. The molecule has 0 bridgehead atoms. The average Bonchev–Trinajstić information content (AvgIpc) is 3.46. The summed E-state index contributed by atoms with van der Waals surface area (Å²) in [7, 11) is 0. The molecule has 1 fully saturated rings. The van der Waals surface area contributed by atoms with Gasteiger partial charge in [-0.1, -0.05) is 36.4 Å². The van der Waals surface area contributed by atoms with Gasteiger partial charge in [-0.15, -0.1) is 0 Å². The van der Waals surface area contributed by atoms with Crippen LogP contribution >= 0.6 is 0 Å². The molecule has 2 atom stereocenters. The van der Waals surface area contributed by atoms with E-state index in [1.165, 1.54) is 41.0 Å². The number of carbonyl (C=O) groups excluding carboxylic acids is 4. The van der Waals surface area contributed by atoms with Crippen LogP contribution in [0.1, 0.15) is 52.9 Å². The Hall–Kier alpha value is -4.67. The summed E-state index contributed by atoms with van der Waals surface area (Å²) in [5.41, 5.74) is 7.12. The van der Waals surface area contributed by atoms with E-state index in [0.29, 0.717) is 48.1 Å². The molecule has 2 N–H and O–H groups in total. The van der Waals surface area contributed by atoms with E-state index in [4.69, 9.17) is 10.5 Å². The Balaban J connectivity index is 1.37. The van der Waals surface area contributed by atoms with Crippen LogP contribution in [-0.2, 0) is 27.0 Å². The standard InChI is InChI=1S/C31H28F3N3O5/c1-18(38)36-15-4-7-26(36)29(40)37-16-14-20-17-22(12-13-24(20)27(37)28(35)39)42-30(41)25-6-3-2-5-23(25)19-8-10-21(11-9-19)31(32,33)34/h2-3,5-6,8-13,17,26-27H,4,7,14-16H2,1H3,(H2,35,39). The van der Waals surface area contributed by atoms with Crippen molar-refractivity contribution in [2.75, 3.05) is 13.1 Å². The number of alkyl halides is 3. The Kier molecular flexibility index (Phi) is 7.77.